The summed E-state index contributed by atoms with van der Waals surface area (Å²) in [5, 5.41) is 0. The standard InChI is InChI=1S/C14H18N2O/c15-11-6-7-12-13(9-11)17-14(16-12)8-10-4-2-1-3-5-10/h1-5,11-13H,6-9,15H2. The summed E-state index contributed by atoms with van der Waals surface area (Å²) in [6.45, 7) is 0. The molecule has 1 fully saturated rings. The Labute approximate surface area is 102 Å². The minimum atomic E-state index is 0.234. The van der Waals surface area contributed by atoms with Gasteiger partial charge in [-0.25, -0.2) is 4.99 Å². The van der Waals surface area contributed by atoms with Gasteiger partial charge in [-0.2, -0.15) is 0 Å². The zero-order valence-corrected chi connectivity index (χ0v) is 9.88. The van der Waals surface area contributed by atoms with Gasteiger partial charge >= 0.3 is 0 Å². The monoisotopic (exact) mass is 230 g/mol. The van der Waals surface area contributed by atoms with Gasteiger partial charge in [0, 0.05) is 18.9 Å². The Morgan fingerprint density at radius 2 is 2.06 bits per heavy atom. The number of nitrogens with two attached hydrogens (primary N) is 1. The molecule has 1 heterocycles. The van der Waals surface area contributed by atoms with E-state index < -0.39 is 0 Å². The van der Waals surface area contributed by atoms with Crippen LogP contribution < -0.4 is 5.73 Å². The van der Waals surface area contributed by atoms with Crippen LogP contribution in [0.2, 0.25) is 0 Å². The second-order valence-corrected chi connectivity index (χ2v) is 4.98. The molecule has 0 bridgehead atoms. The molecule has 1 aromatic carbocycles. The number of fused-ring (bicyclic) bond motifs is 1. The highest BCUT2D eigenvalue weighted by Crippen LogP contribution is 2.28. The van der Waals surface area contributed by atoms with Crippen LogP contribution in [0.5, 0.6) is 0 Å². The SMILES string of the molecule is NC1CCC2N=C(Cc3ccccc3)OC2C1. The average Bonchev–Trinajstić information content (AvgIpc) is 2.71. The first-order valence-electron chi connectivity index (χ1n) is 6.34. The predicted octanol–water partition coefficient (Wildman–Crippen LogP) is 1.91. The molecule has 1 saturated carbocycles. The van der Waals surface area contributed by atoms with Crippen molar-refractivity contribution in [2.24, 2.45) is 10.7 Å². The number of hydrogen-bond donors (Lipinski definition) is 1. The van der Waals surface area contributed by atoms with E-state index in [-0.39, 0.29) is 6.10 Å². The van der Waals surface area contributed by atoms with Crippen LogP contribution in [0.4, 0.5) is 0 Å². The fraction of sp³-hybridized carbons (Fsp3) is 0.500. The van der Waals surface area contributed by atoms with Gasteiger partial charge in [0.1, 0.15) is 6.10 Å². The number of benzene rings is 1. The summed E-state index contributed by atoms with van der Waals surface area (Å²) >= 11 is 0. The fourth-order valence-electron chi connectivity index (χ4n) is 2.67. The fourth-order valence-corrected chi connectivity index (χ4v) is 2.67. The summed E-state index contributed by atoms with van der Waals surface area (Å²) < 4.78 is 5.91. The van der Waals surface area contributed by atoms with Crippen molar-refractivity contribution in [3.05, 3.63) is 35.9 Å². The van der Waals surface area contributed by atoms with Gasteiger partial charge in [-0.05, 0) is 18.4 Å². The van der Waals surface area contributed by atoms with Crippen LogP contribution >= 0.6 is 0 Å². The van der Waals surface area contributed by atoms with Gasteiger partial charge in [0.2, 0.25) is 0 Å². The van der Waals surface area contributed by atoms with Gasteiger partial charge in [0.25, 0.3) is 0 Å². The molecule has 0 saturated heterocycles. The molecule has 3 unspecified atom stereocenters. The molecule has 1 aliphatic carbocycles. The van der Waals surface area contributed by atoms with Crippen LogP contribution in [0.15, 0.2) is 35.3 Å². The van der Waals surface area contributed by atoms with Crippen molar-refractivity contribution >= 4 is 5.90 Å². The van der Waals surface area contributed by atoms with Gasteiger partial charge < -0.3 is 10.5 Å². The van der Waals surface area contributed by atoms with Crippen LogP contribution in [0.1, 0.15) is 24.8 Å². The summed E-state index contributed by atoms with van der Waals surface area (Å²) in [6, 6.07) is 11.0. The predicted molar refractivity (Wildman–Crippen MR) is 68.1 cm³/mol. The van der Waals surface area contributed by atoms with E-state index in [4.69, 9.17) is 10.5 Å². The van der Waals surface area contributed by atoms with Crippen molar-refractivity contribution in [1.82, 2.24) is 0 Å². The highest BCUT2D eigenvalue weighted by atomic mass is 16.5. The van der Waals surface area contributed by atoms with E-state index in [0.717, 1.165) is 31.6 Å². The molecule has 3 atom stereocenters. The Morgan fingerprint density at radius 1 is 1.24 bits per heavy atom. The molecule has 0 amide bonds. The van der Waals surface area contributed by atoms with Gasteiger partial charge in [-0.3, -0.25) is 0 Å². The lowest BCUT2D eigenvalue weighted by molar-refractivity contribution is 0.139. The minimum absolute atomic E-state index is 0.234. The third kappa shape index (κ3) is 2.34. The molecular formula is C14H18N2O. The number of rotatable bonds is 2. The lowest BCUT2D eigenvalue weighted by atomic mass is 9.90. The molecule has 17 heavy (non-hydrogen) atoms. The highest BCUT2D eigenvalue weighted by molar-refractivity contribution is 5.80. The van der Waals surface area contributed by atoms with Crippen molar-refractivity contribution in [3.8, 4) is 0 Å². The summed E-state index contributed by atoms with van der Waals surface area (Å²) in [6.07, 6.45) is 4.14. The van der Waals surface area contributed by atoms with E-state index in [2.05, 4.69) is 17.1 Å². The van der Waals surface area contributed by atoms with E-state index in [9.17, 15) is 0 Å². The second-order valence-electron chi connectivity index (χ2n) is 4.98. The first kappa shape index (κ1) is 10.8. The van der Waals surface area contributed by atoms with Crippen LogP contribution in [-0.2, 0) is 11.2 Å². The van der Waals surface area contributed by atoms with E-state index in [1.165, 1.54) is 5.56 Å². The summed E-state index contributed by atoms with van der Waals surface area (Å²) in [5.41, 5.74) is 7.22. The Kier molecular flexibility index (Phi) is 2.85. The summed E-state index contributed by atoms with van der Waals surface area (Å²) in [4.78, 5) is 4.68. The smallest absolute Gasteiger partial charge is 0.188 e. The molecule has 90 valence electrons. The maximum absolute atomic E-state index is 5.96. The first-order valence-corrected chi connectivity index (χ1v) is 6.34. The largest absolute Gasteiger partial charge is 0.475 e. The third-order valence-corrected chi connectivity index (χ3v) is 3.59. The number of aliphatic imine (C=N–C) groups is 1. The van der Waals surface area contributed by atoms with E-state index in [1.54, 1.807) is 0 Å². The Hall–Kier alpha value is -1.35. The molecule has 2 N–H and O–H groups in total. The topological polar surface area (TPSA) is 47.6 Å². The van der Waals surface area contributed by atoms with Crippen LogP contribution in [0.3, 0.4) is 0 Å². The Bertz CT molecular complexity index is 415. The van der Waals surface area contributed by atoms with E-state index >= 15 is 0 Å². The van der Waals surface area contributed by atoms with Crippen LogP contribution in [0.25, 0.3) is 0 Å². The molecule has 1 aromatic rings. The Balaban J connectivity index is 1.67. The number of ether oxygens (including phenoxy) is 1. The van der Waals surface area contributed by atoms with Crippen molar-refractivity contribution in [2.75, 3.05) is 0 Å². The average molecular weight is 230 g/mol. The van der Waals surface area contributed by atoms with Crippen molar-refractivity contribution in [3.63, 3.8) is 0 Å². The van der Waals surface area contributed by atoms with Crippen LogP contribution in [-0.4, -0.2) is 24.1 Å². The maximum Gasteiger partial charge on any atom is 0.188 e. The number of hydrogen-bond acceptors (Lipinski definition) is 3. The van der Waals surface area contributed by atoms with E-state index in [1.807, 2.05) is 18.2 Å². The van der Waals surface area contributed by atoms with Crippen LogP contribution in [0, 0.1) is 0 Å². The molecule has 0 spiro atoms. The third-order valence-electron chi connectivity index (χ3n) is 3.59. The molecule has 3 rings (SSSR count). The van der Waals surface area contributed by atoms with Gasteiger partial charge in [0.05, 0.1) is 6.04 Å². The molecule has 2 aliphatic rings. The zero-order chi connectivity index (χ0) is 11.7. The van der Waals surface area contributed by atoms with Gasteiger partial charge in [0.15, 0.2) is 5.90 Å². The first-order chi connectivity index (χ1) is 8.31. The molecule has 1 aliphatic heterocycles. The molecule has 0 aromatic heterocycles. The summed E-state index contributed by atoms with van der Waals surface area (Å²) in [7, 11) is 0. The molecule has 3 heteroatoms. The van der Waals surface area contributed by atoms with Crippen molar-refractivity contribution in [2.45, 2.75) is 43.9 Å². The minimum Gasteiger partial charge on any atom is -0.475 e. The normalized spacial score (nSPS) is 31.6. The summed E-state index contributed by atoms with van der Waals surface area (Å²) in [5.74, 6) is 0.889. The maximum atomic E-state index is 5.96. The highest BCUT2D eigenvalue weighted by Gasteiger charge is 2.35. The zero-order valence-electron chi connectivity index (χ0n) is 9.88. The lowest BCUT2D eigenvalue weighted by Gasteiger charge is -2.26. The molecule has 0 radical (unpaired) electrons. The quantitative estimate of drug-likeness (QED) is 0.843. The van der Waals surface area contributed by atoms with Crippen molar-refractivity contribution < 1.29 is 4.74 Å². The molecule has 3 nitrogen and oxygen atoms in total. The van der Waals surface area contributed by atoms with Gasteiger partial charge in [-0.1, -0.05) is 30.3 Å². The van der Waals surface area contributed by atoms with Crippen molar-refractivity contribution in [1.29, 1.82) is 0 Å². The number of nitrogens with zero attached hydrogens (tertiary/aromatic N) is 1. The molecular weight excluding hydrogens is 212 g/mol. The lowest BCUT2D eigenvalue weighted by Crippen LogP contribution is -2.38. The Morgan fingerprint density at radius 3 is 2.88 bits per heavy atom. The van der Waals surface area contributed by atoms with Gasteiger partial charge in [-0.15, -0.1) is 0 Å². The second kappa shape index (κ2) is 4.49. The van der Waals surface area contributed by atoms with E-state index in [0.29, 0.717) is 12.1 Å².